The second kappa shape index (κ2) is 16.3. The number of para-hydroxylation sites is 4. The van der Waals surface area contributed by atoms with Crippen molar-refractivity contribution in [2.75, 3.05) is 9.80 Å². The summed E-state index contributed by atoms with van der Waals surface area (Å²) < 4.78 is 25.8. The number of anilines is 6. The quantitative estimate of drug-likeness (QED) is 0.136. The third-order valence-electron chi connectivity index (χ3n) is 12.7. The molecule has 0 N–H and O–H groups in total. The van der Waals surface area contributed by atoms with Crippen LogP contribution in [0.25, 0.3) is 65.4 Å². The Morgan fingerprint density at radius 2 is 0.574 bits per heavy atom. The van der Waals surface area contributed by atoms with Crippen molar-refractivity contribution in [2.24, 2.45) is 0 Å². The van der Waals surface area contributed by atoms with Crippen molar-refractivity contribution in [1.82, 2.24) is 0 Å². The van der Waals surface area contributed by atoms with Gasteiger partial charge in [0.05, 0.1) is 0 Å². The maximum Gasteiger partial charge on any atom is 0.143 e. The highest BCUT2D eigenvalue weighted by molar-refractivity contribution is 6.21. The molecule has 0 radical (unpaired) electrons. The summed E-state index contributed by atoms with van der Waals surface area (Å²) in [5.41, 5.74) is 9.59. The van der Waals surface area contributed by atoms with E-state index in [9.17, 15) is 0 Å². The first kappa shape index (κ1) is 39.1. The summed E-state index contributed by atoms with van der Waals surface area (Å²) in [5, 5.41) is 8.40. The van der Waals surface area contributed by atoms with Crippen LogP contribution in [-0.4, -0.2) is 0 Å². The number of furan rings is 2. The number of fused-ring (bicyclic) bond motifs is 10. The minimum absolute atomic E-state index is 0.779. The molecule has 0 saturated heterocycles. The Morgan fingerprint density at radius 1 is 0.250 bits per heavy atom. The molecule has 0 aliphatic heterocycles. The summed E-state index contributed by atoms with van der Waals surface area (Å²) in [6, 6.07) is 83.2. The van der Waals surface area contributed by atoms with Crippen LogP contribution in [0.15, 0.2) is 251 Å². The van der Waals surface area contributed by atoms with Crippen LogP contribution in [0.3, 0.4) is 0 Å². The Balaban J connectivity index is 0.841. The molecule has 13 aromatic rings. The SMILES string of the molecule is c1ccc(Oc2ccc(N(c3ccccc3)c3ccc4c(ccc5c6cc7oc8c9ccc(N(c%10ccccc%10)c%10ccc(Oc%11ccccc%11)cc%10)cc9ccc8c7cc6oc45)c3)cc2)cc1. The van der Waals surface area contributed by atoms with Gasteiger partial charge in [-0.1, -0.05) is 84.9 Å². The third-order valence-corrected chi connectivity index (χ3v) is 12.7. The van der Waals surface area contributed by atoms with Crippen LogP contribution < -0.4 is 19.3 Å². The average Bonchev–Trinajstić information content (AvgIpc) is 3.95. The van der Waals surface area contributed by atoms with E-state index in [1.54, 1.807) is 0 Å². The molecule has 11 aromatic carbocycles. The number of rotatable bonds is 10. The zero-order valence-corrected chi connectivity index (χ0v) is 36.6. The summed E-state index contributed by atoms with van der Waals surface area (Å²) in [4.78, 5) is 4.53. The van der Waals surface area contributed by atoms with Gasteiger partial charge in [0.1, 0.15) is 45.3 Å². The van der Waals surface area contributed by atoms with Crippen molar-refractivity contribution in [1.29, 1.82) is 0 Å². The Hall–Kier alpha value is -9.26. The lowest BCUT2D eigenvalue weighted by atomic mass is 10.0. The van der Waals surface area contributed by atoms with Gasteiger partial charge in [0.25, 0.3) is 0 Å². The molecule has 68 heavy (non-hydrogen) atoms. The van der Waals surface area contributed by atoms with Gasteiger partial charge >= 0.3 is 0 Å². The summed E-state index contributed by atoms with van der Waals surface area (Å²) in [6.07, 6.45) is 0. The fourth-order valence-corrected chi connectivity index (χ4v) is 9.49. The molecule has 322 valence electrons. The van der Waals surface area contributed by atoms with Crippen molar-refractivity contribution in [3.63, 3.8) is 0 Å². The first-order chi connectivity index (χ1) is 33.7. The van der Waals surface area contributed by atoms with Crippen LogP contribution in [0, 0.1) is 0 Å². The molecule has 2 heterocycles. The summed E-state index contributed by atoms with van der Waals surface area (Å²) >= 11 is 0. The van der Waals surface area contributed by atoms with E-state index in [2.05, 4.69) is 155 Å². The predicted octanol–water partition coefficient (Wildman–Crippen LogP) is 18.3. The Kier molecular flexibility index (Phi) is 9.39. The lowest BCUT2D eigenvalue weighted by Crippen LogP contribution is -2.09. The summed E-state index contributed by atoms with van der Waals surface area (Å²) in [7, 11) is 0. The molecule has 0 saturated carbocycles. The minimum atomic E-state index is 0.779. The van der Waals surface area contributed by atoms with Gasteiger partial charge in [0.15, 0.2) is 0 Å². The molecule has 0 bridgehead atoms. The van der Waals surface area contributed by atoms with Crippen molar-refractivity contribution in [3.8, 4) is 23.0 Å². The zero-order chi connectivity index (χ0) is 45.0. The molecule has 6 nitrogen and oxygen atoms in total. The molecule has 6 heteroatoms. The highest BCUT2D eigenvalue weighted by atomic mass is 16.5. The highest BCUT2D eigenvalue weighted by Gasteiger charge is 2.20. The van der Waals surface area contributed by atoms with E-state index >= 15 is 0 Å². The van der Waals surface area contributed by atoms with Gasteiger partial charge in [-0.25, -0.2) is 0 Å². The Labute approximate surface area is 391 Å². The molecule has 0 spiro atoms. The smallest absolute Gasteiger partial charge is 0.143 e. The van der Waals surface area contributed by atoms with Gasteiger partial charge in [0, 0.05) is 66.4 Å². The van der Waals surface area contributed by atoms with E-state index in [1.807, 2.05) is 97.1 Å². The molecule has 0 aliphatic rings. The van der Waals surface area contributed by atoms with Crippen LogP contribution in [-0.2, 0) is 0 Å². The predicted molar refractivity (Wildman–Crippen MR) is 278 cm³/mol. The number of benzene rings is 11. The number of hydrogen-bond donors (Lipinski definition) is 0. The largest absolute Gasteiger partial charge is 0.457 e. The zero-order valence-electron chi connectivity index (χ0n) is 36.6. The average molecular weight is 877 g/mol. The molecule has 13 rings (SSSR count). The lowest BCUT2D eigenvalue weighted by molar-refractivity contribution is 0.482. The van der Waals surface area contributed by atoms with Gasteiger partial charge in [-0.05, 0) is 168 Å². The van der Waals surface area contributed by atoms with Crippen LogP contribution in [0.2, 0.25) is 0 Å². The molecule has 0 aliphatic carbocycles. The number of nitrogens with zero attached hydrogens (tertiary/aromatic N) is 2. The van der Waals surface area contributed by atoms with E-state index in [4.69, 9.17) is 18.3 Å². The van der Waals surface area contributed by atoms with Crippen molar-refractivity contribution < 1.29 is 18.3 Å². The molecular weight excluding hydrogens is 837 g/mol. The molecule has 0 fully saturated rings. The topological polar surface area (TPSA) is 51.2 Å². The molecule has 0 unspecified atom stereocenters. The van der Waals surface area contributed by atoms with E-state index in [0.717, 1.165) is 123 Å². The fraction of sp³-hybridized carbons (Fsp3) is 0. The van der Waals surface area contributed by atoms with Crippen molar-refractivity contribution in [3.05, 3.63) is 243 Å². The first-order valence-electron chi connectivity index (χ1n) is 22.7. The van der Waals surface area contributed by atoms with Gasteiger partial charge in [-0.3, -0.25) is 0 Å². The van der Waals surface area contributed by atoms with Crippen LogP contribution in [0.4, 0.5) is 34.1 Å². The van der Waals surface area contributed by atoms with Crippen molar-refractivity contribution in [2.45, 2.75) is 0 Å². The van der Waals surface area contributed by atoms with Gasteiger partial charge < -0.3 is 28.1 Å². The summed E-state index contributed by atoms with van der Waals surface area (Å²) in [5.74, 6) is 3.16. The maximum absolute atomic E-state index is 6.79. The van der Waals surface area contributed by atoms with E-state index < -0.39 is 0 Å². The van der Waals surface area contributed by atoms with E-state index in [0.29, 0.717) is 0 Å². The summed E-state index contributed by atoms with van der Waals surface area (Å²) in [6.45, 7) is 0. The second-order valence-electron chi connectivity index (χ2n) is 16.9. The normalized spacial score (nSPS) is 11.5. The first-order valence-corrected chi connectivity index (χ1v) is 22.7. The van der Waals surface area contributed by atoms with Crippen LogP contribution in [0.1, 0.15) is 0 Å². The maximum atomic E-state index is 6.79. The van der Waals surface area contributed by atoms with Gasteiger partial charge in [0.2, 0.25) is 0 Å². The second-order valence-corrected chi connectivity index (χ2v) is 16.9. The van der Waals surface area contributed by atoms with Crippen molar-refractivity contribution >= 4 is 99.5 Å². The lowest BCUT2D eigenvalue weighted by Gasteiger charge is -2.26. The van der Waals surface area contributed by atoms with E-state index in [-0.39, 0.29) is 0 Å². The molecule has 0 amide bonds. The third kappa shape index (κ3) is 7.00. The number of hydrogen-bond acceptors (Lipinski definition) is 6. The fourth-order valence-electron chi connectivity index (χ4n) is 9.49. The van der Waals surface area contributed by atoms with Gasteiger partial charge in [-0.15, -0.1) is 0 Å². The van der Waals surface area contributed by atoms with Crippen LogP contribution in [0.5, 0.6) is 23.0 Å². The van der Waals surface area contributed by atoms with E-state index in [1.165, 1.54) is 0 Å². The standard InChI is InChI=1S/C62H40N2O4/c1-5-13-43(14-6-1)63(45-23-29-51(30-24-45)65-49-17-9-3-10-18-49)47-27-35-53-41(37-47)21-33-55-57-39-60-58(40-59(57)67-61(53)55)56-34-22-42-38-48(28-36-54(42)62(56)68-60)64(44-15-7-2-8-16-44)46-25-31-52(32-26-46)66-50-19-11-4-12-20-50/h1-40H. The highest BCUT2D eigenvalue weighted by Crippen LogP contribution is 2.44. The molecule has 0 atom stereocenters. The Morgan fingerprint density at radius 3 is 0.971 bits per heavy atom. The Bertz CT molecular complexity index is 3680. The van der Waals surface area contributed by atoms with Crippen LogP contribution >= 0.6 is 0 Å². The monoisotopic (exact) mass is 876 g/mol. The molecule has 2 aromatic heterocycles. The number of ether oxygens (including phenoxy) is 2. The molecular formula is C62H40N2O4. The minimum Gasteiger partial charge on any atom is -0.457 e. The van der Waals surface area contributed by atoms with Gasteiger partial charge in [-0.2, -0.15) is 0 Å².